The Morgan fingerprint density at radius 1 is 1.52 bits per heavy atom. The first-order chi connectivity index (χ1) is 9.76. The lowest BCUT2D eigenvalue weighted by atomic mass is 10.0. The molecule has 2 heterocycles. The maximum absolute atomic E-state index is 12.2. The number of aromatic nitrogens is 1. The van der Waals surface area contributed by atoms with E-state index in [0.29, 0.717) is 19.4 Å². The number of nitrogens with zero attached hydrogens (tertiary/aromatic N) is 2. The fraction of sp³-hybridized carbons (Fsp3) is 0.643. The second-order valence-electron chi connectivity index (χ2n) is 6.27. The summed E-state index contributed by atoms with van der Waals surface area (Å²) in [6, 6.07) is -0.816. The van der Waals surface area contributed by atoms with Crippen LogP contribution in [-0.4, -0.2) is 45.2 Å². The van der Waals surface area contributed by atoms with Crippen LogP contribution in [0.25, 0.3) is 0 Å². The normalized spacial score (nSPS) is 22.3. The molecule has 7 heteroatoms. The van der Waals surface area contributed by atoms with Gasteiger partial charge in [-0.3, -0.25) is 4.90 Å². The molecule has 1 aliphatic heterocycles. The van der Waals surface area contributed by atoms with Crippen molar-refractivity contribution in [1.82, 2.24) is 9.88 Å². The van der Waals surface area contributed by atoms with Crippen molar-refractivity contribution in [1.29, 1.82) is 0 Å². The third-order valence-electron chi connectivity index (χ3n) is 3.28. The number of carboxylic acids is 1. The first kappa shape index (κ1) is 15.8. The maximum Gasteiger partial charge on any atom is 0.411 e. The van der Waals surface area contributed by atoms with Gasteiger partial charge in [-0.15, -0.1) is 11.3 Å². The van der Waals surface area contributed by atoms with Crippen molar-refractivity contribution in [2.75, 3.05) is 6.54 Å². The monoisotopic (exact) mass is 312 g/mol. The maximum atomic E-state index is 12.2. The summed E-state index contributed by atoms with van der Waals surface area (Å²) in [5.74, 6) is -0.887. The van der Waals surface area contributed by atoms with E-state index in [2.05, 4.69) is 4.98 Å². The van der Waals surface area contributed by atoms with Gasteiger partial charge in [0, 0.05) is 11.9 Å². The highest BCUT2D eigenvalue weighted by molar-refractivity contribution is 7.07. The molecule has 0 aliphatic carbocycles. The molecule has 2 rings (SSSR count). The van der Waals surface area contributed by atoms with Crippen LogP contribution in [0, 0.1) is 5.92 Å². The Morgan fingerprint density at radius 2 is 2.24 bits per heavy atom. The van der Waals surface area contributed by atoms with Crippen LogP contribution < -0.4 is 0 Å². The molecule has 0 radical (unpaired) electrons. The van der Waals surface area contributed by atoms with Crippen LogP contribution in [0.4, 0.5) is 4.79 Å². The van der Waals surface area contributed by atoms with Crippen molar-refractivity contribution in [2.45, 2.75) is 45.3 Å². The minimum absolute atomic E-state index is 0.0979. The van der Waals surface area contributed by atoms with E-state index < -0.39 is 23.7 Å². The molecule has 1 aliphatic rings. The quantitative estimate of drug-likeness (QED) is 0.927. The van der Waals surface area contributed by atoms with E-state index in [-0.39, 0.29) is 5.92 Å². The topological polar surface area (TPSA) is 79.7 Å². The van der Waals surface area contributed by atoms with Crippen LogP contribution in [0.15, 0.2) is 10.9 Å². The van der Waals surface area contributed by atoms with Crippen molar-refractivity contribution in [2.24, 2.45) is 5.92 Å². The highest BCUT2D eigenvalue weighted by atomic mass is 32.1. The van der Waals surface area contributed by atoms with Gasteiger partial charge in [0.25, 0.3) is 0 Å². The van der Waals surface area contributed by atoms with Gasteiger partial charge in [0.2, 0.25) is 0 Å². The minimum atomic E-state index is -0.985. The van der Waals surface area contributed by atoms with Gasteiger partial charge in [-0.25, -0.2) is 14.6 Å². The summed E-state index contributed by atoms with van der Waals surface area (Å²) in [7, 11) is 0. The average Bonchev–Trinajstić information content (AvgIpc) is 2.96. The SMILES string of the molecule is CC(C)(C)OC(=O)N1C[C@H](Cc2cscn2)C[C@H]1C(=O)O. The first-order valence-corrected chi connectivity index (χ1v) is 7.80. The lowest BCUT2D eigenvalue weighted by Crippen LogP contribution is -2.43. The van der Waals surface area contributed by atoms with E-state index in [9.17, 15) is 14.7 Å². The van der Waals surface area contributed by atoms with Gasteiger partial charge in [0.1, 0.15) is 11.6 Å². The van der Waals surface area contributed by atoms with Crippen LogP contribution in [0.1, 0.15) is 32.9 Å². The summed E-state index contributed by atoms with van der Waals surface area (Å²) < 4.78 is 5.30. The molecule has 1 saturated heterocycles. The predicted molar refractivity (Wildman–Crippen MR) is 78.3 cm³/mol. The van der Waals surface area contributed by atoms with E-state index in [0.717, 1.165) is 5.69 Å². The van der Waals surface area contributed by atoms with Crippen LogP contribution >= 0.6 is 11.3 Å². The largest absolute Gasteiger partial charge is 0.480 e. The van der Waals surface area contributed by atoms with Crippen molar-refractivity contribution in [3.8, 4) is 0 Å². The van der Waals surface area contributed by atoms with Crippen molar-refractivity contribution < 1.29 is 19.4 Å². The molecule has 1 fully saturated rings. The van der Waals surface area contributed by atoms with E-state index in [1.807, 2.05) is 5.38 Å². The van der Waals surface area contributed by atoms with E-state index in [1.165, 1.54) is 16.2 Å². The number of thiazole rings is 1. The highest BCUT2D eigenvalue weighted by Gasteiger charge is 2.41. The number of carbonyl (C=O) groups excluding carboxylic acids is 1. The molecule has 1 amide bonds. The van der Waals surface area contributed by atoms with Crippen molar-refractivity contribution in [3.05, 3.63) is 16.6 Å². The lowest BCUT2D eigenvalue weighted by molar-refractivity contribution is -0.142. The molecular formula is C14H20N2O4S. The molecule has 1 aromatic heterocycles. The number of carboxylic acid groups (broad SMARTS) is 1. The van der Waals surface area contributed by atoms with Gasteiger partial charge in [-0.1, -0.05) is 0 Å². The minimum Gasteiger partial charge on any atom is -0.480 e. The third-order valence-corrected chi connectivity index (χ3v) is 3.92. The lowest BCUT2D eigenvalue weighted by Gasteiger charge is -2.26. The van der Waals surface area contributed by atoms with Crippen molar-refractivity contribution in [3.63, 3.8) is 0 Å². The van der Waals surface area contributed by atoms with E-state index in [1.54, 1.807) is 26.3 Å². The number of likely N-dealkylation sites (tertiary alicyclic amines) is 1. The van der Waals surface area contributed by atoms with Gasteiger partial charge < -0.3 is 9.84 Å². The van der Waals surface area contributed by atoms with Crippen LogP contribution in [0.3, 0.4) is 0 Å². The molecule has 1 aromatic rings. The molecule has 21 heavy (non-hydrogen) atoms. The molecule has 2 atom stereocenters. The second kappa shape index (κ2) is 6.01. The number of amides is 1. The molecule has 0 spiro atoms. The zero-order chi connectivity index (χ0) is 15.6. The first-order valence-electron chi connectivity index (χ1n) is 6.86. The van der Waals surface area contributed by atoms with Gasteiger partial charge in [-0.2, -0.15) is 0 Å². The number of hydrogen-bond donors (Lipinski definition) is 1. The van der Waals surface area contributed by atoms with Crippen LogP contribution in [-0.2, 0) is 16.0 Å². The number of rotatable bonds is 3. The van der Waals surface area contributed by atoms with E-state index in [4.69, 9.17) is 4.74 Å². The van der Waals surface area contributed by atoms with Gasteiger partial charge >= 0.3 is 12.1 Å². The molecule has 0 saturated carbocycles. The Bertz CT molecular complexity index is 510. The molecule has 0 unspecified atom stereocenters. The summed E-state index contributed by atoms with van der Waals surface area (Å²) in [6.07, 6.45) is 0.564. The molecule has 116 valence electrons. The fourth-order valence-electron chi connectivity index (χ4n) is 2.46. The Hall–Kier alpha value is -1.63. The molecule has 1 N–H and O–H groups in total. The average molecular weight is 312 g/mol. The number of ether oxygens (including phenoxy) is 1. The molecule has 0 aromatic carbocycles. The third kappa shape index (κ3) is 4.17. The smallest absolute Gasteiger partial charge is 0.411 e. The fourth-order valence-corrected chi connectivity index (χ4v) is 3.03. The highest BCUT2D eigenvalue weighted by Crippen LogP contribution is 2.28. The Morgan fingerprint density at radius 3 is 2.76 bits per heavy atom. The summed E-state index contributed by atoms with van der Waals surface area (Å²) in [5, 5.41) is 11.3. The van der Waals surface area contributed by atoms with Crippen molar-refractivity contribution >= 4 is 23.4 Å². The number of aliphatic carboxylic acids is 1. The summed E-state index contributed by atoms with van der Waals surface area (Å²) in [4.78, 5) is 29.1. The molecule has 6 nitrogen and oxygen atoms in total. The van der Waals surface area contributed by atoms with Gasteiger partial charge in [0.15, 0.2) is 0 Å². The number of carbonyl (C=O) groups is 2. The second-order valence-corrected chi connectivity index (χ2v) is 6.99. The summed E-state index contributed by atoms with van der Waals surface area (Å²) in [6.45, 7) is 5.69. The summed E-state index contributed by atoms with van der Waals surface area (Å²) in [5.41, 5.74) is 2.07. The Labute approximate surface area is 127 Å². The van der Waals surface area contributed by atoms with E-state index >= 15 is 0 Å². The zero-order valence-corrected chi connectivity index (χ0v) is 13.2. The van der Waals surface area contributed by atoms with Gasteiger partial charge in [-0.05, 0) is 39.5 Å². The standard InChI is InChI=1S/C14H20N2O4S/c1-14(2,3)20-13(19)16-6-9(5-11(16)12(17)18)4-10-7-21-8-15-10/h7-9,11H,4-6H2,1-3H3,(H,17,18)/t9-,11+/m1/s1. The predicted octanol–water partition coefficient (Wildman–Crippen LogP) is 2.40. The Balaban J connectivity index is 2.05. The van der Waals surface area contributed by atoms with Crippen LogP contribution in [0.2, 0.25) is 0 Å². The Kier molecular flexibility index (Phi) is 4.51. The van der Waals surface area contributed by atoms with Gasteiger partial charge in [0.05, 0.1) is 11.2 Å². The zero-order valence-electron chi connectivity index (χ0n) is 12.4. The summed E-state index contributed by atoms with van der Waals surface area (Å²) >= 11 is 1.51. The molecule has 0 bridgehead atoms. The molecular weight excluding hydrogens is 292 g/mol. The van der Waals surface area contributed by atoms with Crippen LogP contribution in [0.5, 0.6) is 0 Å². The number of hydrogen-bond acceptors (Lipinski definition) is 5.